The van der Waals surface area contributed by atoms with Crippen LogP contribution in [0.2, 0.25) is 0 Å². The summed E-state index contributed by atoms with van der Waals surface area (Å²) in [4.78, 5) is 16.2. The van der Waals surface area contributed by atoms with E-state index >= 15 is 0 Å². The summed E-state index contributed by atoms with van der Waals surface area (Å²) in [6, 6.07) is 5.43. The lowest BCUT2D eigenvalue weighted by Crippen LogP contribution is -2.45. The summed E-state index contributed by atoms with van der Waals surface area (Å²) in [5, 5.41) is 13.7. The molecule has 4 rings (SSSR count). The minimum absolute atomic E-state index is 0.0189. The largest absolute Gasteiger partial charge is 0.369 e. The maximum atomic E-state index is 14.6. The normalized spacial score (nSPS) is 25.5. The van der Waals surface area contributed by atoms with Crippen molar-refractivity contribution < 1.29 is 22.0 Å². The first-order valence-electron chi connectivity index (χ1n) is 11.1. The molecule has 0 bridgehead atoms. The monoisotopic (exact) mass is 481 g/mol. The van der Waals surface area contributed by atoms with Crippen LogP contribution in [0.25, 0.3) is 0 Å². The van der Waals surface area contributed by atoms with E-state index in [0.717, 1.165) is 13.1 Å². The van der Waals surface area contributed by atoms with Crippen molar-refractivity contribution in [3.63, 3.8) is 0 Å². The van der Waals surface area contributed by atoms with Crippen LogP contribution in [0.15, 0.2) is 23.1 Å². The second kappa shape index (κ2) is 8.49. The zero-order chi connectivity index (χ0) is 24.0. The van der Waals surface area contributed by atoms with E-state index in [1.165, 1.54) is 12.1 Å². The summed E-state index contributed by atoms with van der Waals surface area (Å²) < 4.78 is 55.9. The number of carbonyl (C=O) groups is 1. The van der Waals surface area contributed by atoms with E-state index in [4.69, 9.17) is 5.26 Å². The number of carbonyl (C=O) groups excluding carboxylic acids is 1. The highest BCUT2D eigenvalue weighted by atomic mass is 32.2. The predicted molar refractivity (Wildman–Crippen MR) is 119 cm³/mol. The lowest BCUT2D eigenvalue weighted by Gasteiger charge is -2.34. The fraction of sp³-hybridized carbons (Fsp3) is 0.636. The molecule has 2 atom stereocenters. The first-order chi connectivity index (χ1) is 15.4. The van der Waals surface area contributed by atoms with Crippen LogP contribution in [0.1, 0.15) is 31.7 Å². The number of nitrogens with zero attached hydrogens (tertiary/aromatic N) is 3. The van der Waals surface area contributed by atoms with Gasteiger partial charge in [-0.3, -0.25) is 4.79 Å². The third kappa shape index (κ3) is 4.83. The summed E-state index contributed by atoms with van der Waals surface area (Å²) >= 11 is 0. The van der Waals surface area contributed by atoms with E-state index in [1.54, 1.807) is 6.07 Å². The van der Waals surface area contributed by atoms with Crippen LogP contribution in [0.3, 0.4) is 0 Å². The van der Waals surface area contributed by atoms with Gasteiger partial charge in [0.1, 0.15) is 5.54 Å². The van der Waals surface area contributed by atoms with Gasteiger partial charge in [-0.1, -0.05) is 0 Å². The Kier molecular flexibility index (Phi) is 6.14. The molecular weight excluding hydrogens is 452 g/mol. The van der Waals surface area contributed by atoms with Crippen molar-refractivity contribution in [1.29, 1.82) is 5.26 Å². The molecule has 0 spiro atoms. The van der Waals surface area contributed by atoms with Gasteiger partial charge in [0.15, 0.2) is 9.84 Å². The molecule has 1 amide bonds. The van der Waals surface area contributed by atoms with Crippen molar-refractivity contribution in [2.45, 2.75) is 53.8 Å². The lowest BCUT2D eigenvalue weighted by molar-refractivity contribution is -0.123. The second-order valence-corrected chi connectivity index (χ2v) is 11.6. The minimum Gasteiger partial charge on any atom is -0.369 e. The molecule has 11 heteroatoms. The number of piperazine rings is 1. The molecule has 2 saturated heterocycles. The number of amides is 1. The quantitative estimate of drug-likeness (QED) is 0.630. The molecule has 8 nitrogen and oxygen atoms in total. The van der Waals surface area contributed by atoms with E-state index in [1.807, 2.05) is 11.9 Å². The SMILES string of the molecule is CN1CCN(c2ccc(S(=O)(=O)[C@H]3CN[C@H](C(=O)NC4(C#N)CC4)C3)c(C(C)(F)F)c2)CC1. The minimum atomic E-state index is -4.12. The molecule has 33 heavy (non-hydrogen) atoms. The molecule has 2 N–H and O–H groups in total. The van der Waals surface area contributed by atoms with Crippen molar-refractivity contribution in [2.24, 2.45) is 0 Å². The highest BCUT2D eigenvalue weighted by molar-refractivity contribution is 7.92. The molecule has 1 aromatic rings. The highest BCUT2D eigenvalue weighted by Crippen LogP contribution is 2.38. The second-order valence-electron chi connectivity index (χ2n) is 9.41. The first kappa shape index (κ1) is 23.9. The molecule has 1 aliphatic carbocycles. The Balaban J connectivity index is 1.55. The van der Waals surface area contributed by atoms with Crippen molar-refractivity contribution in [1.82, 2.24) is 15.5 Å². The topological polar surface area (TPSA) is 106 Å². The smallest absolute Gasteiger partial charge is 0.271 e. The number of nitrogens with one attached hydrogen (secondary N) is 2. The molecule has 1 saturated carbocycles. The average Bonchev–Trinajstić information content (AvgIpc) is 3.34. The summed E-state index contributed by atoms with van der Waals surface area (Å²) in [6.07, 6.45) is 1.10. The number of likely N-dealkylation sites (N-methyl/N-ethyl adjacent to an activating group) is 1. The van der Waals surface area contributed by atoms with Crippen LogP contribution < -0.4 is 15.5 Å². The molecule has 2 aliphatic heterocycles. The Morgan fingerprint density at radius 3 is 2.52 bits per heavy atom. The molecule has 0 aromatic heterocycles. The standard InChI is InChI=1S/C22H29F2N5O3S/c1-21(23,24)17-11-15(29-9-7-28(2)8-10-29)3-4-19(17)33(31,32)16-12-18(26-13-16)20(30)27-22(14-25)5-6-22/h3-4,11,16,18,26H,5-10,12-13H2,1-2H3,(H,27,30)/t16-,18+/m1/s1. The number of alkyl halides is 2. The number of nitriles is 1. The fourth-order valence-electron chi connectivity index (χ4n) is 4.40. The van der Waals surface area contributed by atoms with Gasteiger partial charge in [0.2, 0.25) is 5.91 Å². The Hall–Kier alpha value is -2.29. The summed E-state index contributed by atoms with van der Waals surface area (Å²) in [6.45, 7) is 3.62. The zero-order valence-corrected chi connectivity index (χ0v) is 19.6. The molecule has 1 aromatic carbocycles. The molecule has 3 aliphatic rings. The number of hydrogen-bond acceptors (Lipinski definition) is 7. The number of rotatable bonds is 6. The summed E-state index contributed by atoms with van der Waals surface area (Å²) in [5.74, 6) is -3.78. The van der Waals surface area contributed by atoms with Crippen molar-refractivity contribution in [3.8, 4) is 6.07 Å². The Morgan fingerprint density at radius 2 is 1.94 bits per heavy atom. The van der Waals surface area contributed by atoms with E-state index < -0.39 is 49.0 Å². The van der Waals surface area contributed by atoms with Crippen molar-refractivity contribution in [3.05, 3.63) is 23.8 Å². The van der Waals surface area contributed by atoms with Crippen LogP contribution in [0.4, 0.5) is 14.5 Å². The van der Waals surface area contributed by atoms with Crippen molar-refractivity contribution >= 4 is 21.4 Å². The van der Waals surface area contributed by atoms with Crippen LogP contribution >= 0.6 is 0 Å². The third-order valence-electron chi connectivity index (χ3n) is 6.78. The van der Waals surface area contributed by atoms with Gasteiger partial charge in [0, 0.05) is 50.9 Å². The van der Waals surface area contributed by atoms with Crippen LogP contribution in [-0.4, -0.2) is 75.8 Å². The van der Waals surface area contributed by atoms with Gasteiger partial charge in [-0.05, 0) is 44.5 Å². The number of sulfone groups is 1. The van der Waals surface area contributed by atoms with Crippen molar-refractivity contribution in [2.75, 3.05) is 44.7 Å². The molecule has 2 heterocycles. The van der Waals surface area contributed by atoms with Gasteiger partial charge < -0.3 is 20.4 Å². The predicted octanol–water partition coefficient (Wildman–Crippen LogP) is 1.23. The Labute approximate surface area is 192 Å². The lowest BCUT2D eigenvalue weighted by atomic mass is 10.1. The summed E-state index contributed by atoms with van der Waals surface area (Å²) in [5.41, 5.74) is -0.799. The molecule has 0 radical (unpaired) electrons. The molecular formula is C22H29F2N5O3S. The molecule has 0 unspecified atom stereocenters. The van der Waals surface area contributed by atoms with Crippen LogP contribution in [0, 0.1) is 11.3 Å². The number of anilines is 1. The van der Waals surface area contributed by atoms with E-state index in [-0.39, 0.29) is 13.0 Å². The van der Waals surface area contributed by atoms with Gasteiger partial charge in [-0.15, -0.1) is 0 Å². The van der Waals surface area contributed by atoms with Crippen LogP contribution in [-0.2, 0) is 20.6 Å². The maximum absolute atomic E-state index is 14.6. The summed E-state index contributed by atoms with van der Waals surface area (Å²) in [7, 11) is -2.13. The molecule has 3 fully saturated rings. The fourth-order valence-corrected chi connectivity index (χ4v) is 6.33. The van der Waals surface area contributed by atoms with Gasteiger partial charge in [0.05, 0.1) is 22.3 Å². The number of hydrogen-bond donors (Lipinski definition) is 2. The molecule has 180 valence electrons. The third-order valence-corrected chi connectivity index (χ3v) is 8.99. The highest BCUT2D eigenvalue weighted by Gasteiger charge is 2.47. The number of benzene rings is 1. The van der Waals surface area contributed by atoms with E-state index in [9.17, 15) is 22.0 Å². The number of halogens is 2. The van der Waals surface area contributed by atoms with Gasteiger partial charge in [-0.25, -0.2) is 17.2 Å². The zero-order valence-electron chi connectivity index (χ0n) is 18.8. The first-order valence-corrected chi connectivity index (χ1v) is 12.7. The Morgan fingerprint density at radius 1 is 1.27 bits per heavy atom. The van der Waals surface area contributed by atoms with Gasteiger partial charge in [0.25, 0.3) is 5.92 Å². The van der Waals surface area contributed by atoms with E-state index in [0.29, 0.717) is 38.5 Å². The average molecular weight is 482 g/mol. The van der Waals surface area contributed by atoms with Crippen LogP contribution in [0.5, 0.6) is 0 Å². The van der Waals surface area contributed by atoms with E-state index in [2.05, 4.69) is 21.6 Å². The Bertz CT molecular complexity index is 1070. The maximum Gasteiger partial charge on any atom is 0.271 e. The van der Waals surface area contributed by atoms with Gasteiger partial charge >= 0.3 is 0 Å². The van der Waals surface area contributed by atoms with Gasteiger partial charge in [-0.2, -0.15) is 5.26 Å².